The standard InChI is InChI=1S/C20H24ClN3O2/c1-13-17(20(26)23-14(2)18(13)21)19(25)22-10-6-12-24-11-5-8-15-7-3-4-9-16(15)24/h3-4,7,9H,5-6,8,10-12H2,1-2H3,(H,22,25)(H,23,26). The summed E-state index contributed by atoms with van der Waals surface area (Å²) in [6.45, 7) is 5.85. The van der Waals surface area contributed by atoms with E-state index in [2.05, 4.69) is 39.5 Å². The highest BCUT2D eigenvalue weighted by Crippen LogP contribution is 2.26. The molecular formula is C20H24ClN3O2. The number of hydrogen-bond acceptors (Lipinski definition) is 3. The first-order chi connectivity index (χ1) is 12.5. The van der Waals surface area contributed by atoms with Crippen molar-refractivity contribution in [1.29, 1.82) is 0 Å². The van der Waals surface area contributed by atoms with E-state index in [1.165, 1.54) is 11.3 Å². The third-order valence-corrected chi connectivity index (χ3v) is 5.45. The molecule has 0 radical (unpaired) electrons. The summed E-state index contributed by atoms with van der Waals surface area (Å²) < 4.78 is 0. The van der Waals surface area contributed by atoms with Gasteiger partial charge in [-0.2, -0.15) is 0 Å². The van der Waals surface area contributed by atoms with Crippen LogP contribution in [-0.4, -0.2) is 30.5 Å². The maximum Gasteiger partial charge on any atom is 0.261 e. The van der Waals surface area contributed by atoms with E-state index in [0.29, 0.717) is 22.8 Å². The Bertz CT molecular complexity index is 876. The summed E-state index contributed by atoms with van der Waals surface area (Å²) in [4.78, 5) is 29.5. The number of rotatable bonds is 5. The second-order valence-corrected chi connectivity index (χ2v) is 7.10. The quantitative estimate of drug-likeness (QED) is 0.791. The van der Waals surface area contributed by atoms with E-state index < -0.39 is 5.56 Å². The molecule has 2 heterocycles. The van der Waals surface area contributed by atoms with Crippen LogP contribution in [0.5, 0.6) is 0 Å². The lowest BCUT2D eigenvalue weighted by Gasteiger charge is -2.31. The number of carbonyl (C=O) groups is 1. The molecule has 1 aromatic heterocycles. The van der Waals surface area contributed by atoms with Crippen LogP contribution < -0.4 is 15.8 Å². The Morgan fingerprint density at radius 1 is 1.31 bits per heavy atom. The van der Waals surface area contributed by atoms with Crippen LogP contribution in [0.3, 0.4) is 0 Å². The van der Waals surface area contributed by atoms with E-state index in [9.17, 15) is 9.59 Å². The molecule has 0 aliphatic carbocycles. The molecule has 1 aliphatic rings. The Labute approximate surface area is 158 Å². The molecule has 138 valence electrons. The minimum Gasteiger partial charge on any atom is -0.371 e. The van der Waals surface area contributed by atoms with Crippen molar-refractivity contribution < 1.29 is 4.79 Å². The lowest BCUT2D eigenvalue weighted by atomic mass is 10.0. The van der Waals surface area contributed by atoms with Gasteiger partial charge in [-0.15, -0.1) is 0 Å². The average Bonchev–Trinajstić information content (AvgIpc) is 2.63. The highest BCUT2D eigenvalue weighted by molar-refractivity contribution is 6.32. The lowest BCUT2D eigenvalue weighted by Crippen LogP contribution is -2.35. The van der Waals surface area contributed by atoms with Crippen molar-refractivity contribution in [2.24, 2.45) is 0 Å². The smallest absolute Gasteiger partial charge is 0.261 e. The first-order valence-corrected chi connectivity index (χ1v) is 9.37. The minimum atomic E-state index is -0.396. The van der Waals surface area contributed by atoms with Gasteiger partial charge in [-0.3, -0.25) is 9.59 Å². The number of nitrogens with zero attached hydrogens (tertiary/aromatic N) is 1. The number of carbonyl (C=O) groups excluding carboxylic acids is 1. The molecule has 26 heavy (non-hydrogen) atoms. The maximum absolute atomic E-state index is 12.4. The fraction of sp³-hybridized carbons (Fsp3) is 0.400. The molecule has 0 saturated carbocycles. The molecular weight excluding hydrogens is 350 g/mol. The first-order valence-electron chi connectivity index (χ1n) is 8.99. The van der Waals surface area contributed by atoms with Gasteiger partial charge in [0.2, 0.25) is 0 Å². The summed E-state index contributed by atoms with van der Waals surface area (Å²) in [5, 5.41) is 3.28. The molecule has 0 spiro atoms. The monoisotopic (exact) mass is 373 g/mol. The van der Waals surface area contributed by atoms with Gasteiger partial charge in [0.15, 0.2) is 0 Å². The number of aryl methyl sites for hydroxylation is 2. The molecule has 0 atom stereocenters. The lowest BCUT2D eigenvalue weighted by molar-refractivity contribution is 0.0951. The van der Waals surface area contributed by atoms with Crippen molar-refractivity contribution >= 4 is 23.2 Å². The van der Waals surface area contributed by atoms with Crippen LogP contribution in [0.4, 0.5) is 5.69 Å². The van der Waals surface area contributed by atoms with Gasteiger partial charge in [-0.1, -0.05) is 29.8 Å². The van der Waals surface area contributed by atoms with Crippen molar-refractivity contribution in [3.8, 4) is 0 Å². The largest absolute Gasteiger partial charge is 0.371 e. The van der Waals surface area contributed by atoms with Crippen LogP contribution in [0.15, 0.2) is 29.1 Å². The molecule has 5 nitrogen and oxygen atoms in total. The van der Waals surface area contributed by atoms with Crippen LogP contribution in [0.25, 0.3) is 0 Å². The van der Waals surface area contributed by atoms with E-state index in [1.807, 2.05) is 0 Å². The normalized spacial score (nSPS) is 13.4. The van der Waals surface area contributed by atoms with Gasteiger partial charge in [0, 0.05) is 31.0 Å². The highest BCUT2D eigenvalue weighted by atomic mass is 35.5. The predicted molar refractivity (Wildman–Crippen MR) is 105 cm³/mol. The second kappa shape index (κ2) is 7.96. The summed E-state index contributed by atoms with van der Waals surface area (Å²) in [5.74, 6) is -0.371. The van der Waals surface area contributed by atoms with Crippen molar-refractivity contribution in [3.05, 3.63) is 62.0 Å². The number of amides is 1. The minimum absolute atomic E-state index is 0.101. The van der Waals surface area contributed by atoms with Gasteiger partial charge in [-0.25, -0.2) is 0 Å². The number of benzene rings is 1. The maximum atomic E-state index is 12.4. The summed E-state index contributed by atoms with van der Waals surface area (Å²) in [5.41, 5.74) is 3.49. The number of nitrogens with one attached hydrogen (secondary N) is 2. The van der Waals surface area contributed by atoms with Gasteiger partial charge < -0.3 is 15.2 Å². The van der Waals surface area contributed by atoms with Gasteiger partial charge >= 0.3 is 0 Å². The molecule has 1 aliphatic heterocycles. The summed E-state index contributed by atoms with van der Waals surface area (Å²) in [7, 11) is 0. The van der Waals surface area contributed by atoms with Gasteiger partial charge in [-0.05, 0) is 50.3 Å². The van der Waals surface area contributed by atoms with Crippen LogP contribution >= 0.6 is 11.6 Å². The molecule has 3 rings (SSSR count). The molecule has 6 heteroatoms. The van der Waals surface area contributed by atoms with E-state index in [-0.39, 0.29) is 11.5 Å². The van der Waals surface area contributed by atoms with Crippen molar-refractivity contribution in [3.63, 3.8) is 0 Å². The number of fused-ring (bicyclic) bond motifs is 1. The second-order valence-electron chi connectivity index (χ2n) is 6.72. The Hall–Kier alpha value is -2.27. The van der Waals surface area contributed by atoms with Crippen molar-refractivity contribution in [1.82, 2.24) is 10.3 Å². The third-order valence-electron chi connectivity index (χ3n) is 4.89. The van der Waals surface area contributed by atoms with Gasteiger partial charge in [0.05, 0.1) is 5.02 Å². The molecule has 0 fully saturated rings. The van der Waals surface area contributed by atoms with E-state index in [1.54, 1.807) is 13.8 Å². The zero-order valence-electron chi connectivity index (χ0n) is 15.2. The molecule has 1 amide bonds. The zero-order chi connectivity index (χ0) is 18.7. The van der Waals surface area contributed by atoms with Crippen LogP contribution in [0.1, 0.15) is 40.0 Å². The van der Waals surface area contributed by atoms with Crippen molar-refractivity contribution in [2.45, 2.75) is 33.1 Å². The van der Waals surface area contributed by atoms with E-state index in [4.69, 9.17) is 11.6 Å². The highest BCUT2D eigenvalue weighted by Gasteiger charge is 2.18. The molecule has 2 N–H and O–H groups in total. The summed E-state index contributed by atoms with van der Waals surface area (Å²) in [6.07, 6.45) is 3.09. The van der Waals surface area contributed by atoms with Crippen LogP contribution in [0, 0.1) is 13.8 Å². The molecule has 1 aromatic carbocycles. The molecule has 0 bridgehead atoms. The fourth-order valence-electron chi connectivity index (χ4n) is 3.53. The predicted octanol–water partition coefficient (Wildman–Crippen LogP) is 3.22. The number of anilines is 1. The molecule has 0 saturated heterocycles. The Kier molecular flexibility index (Phi) is 5.67. The number of hydrogen-bond donors (Lipinski definition) is 2. The van der Waals surface area contributed by atoms with Gasteiger partial charge in [0.25, 0.3) is 11.5 Å². The Morgan fingerprint density at radius 3 is 2.88 bits per heavy atom. The average molecular weight is 374 g/mol. The number of halogens is 1. The van der Waals surface area contributed by atoms with Crippen molar-refractivity contribution in [2.75, 3.05) is 24.5 Å². The van der Waals surface area contributed by atoms with Crippen LogP contribution in [-0.2, 0) is 6.42 Å². The van der Waals surface area contributed by atoms with E-state index in [0.717, 1.165) is 32.4 Å². The number of para-hydroxylation sites is 1. The number of aromatic nitrogens is 1. The van der Waals surface area contributed by atoms with Gasteiger partial charge in [0.1, 0.15) is 5.56 Å². The first kappa shape index (κ1) is 18.5. The molecule has 0 unspecified atom stereocenters. The number of H-pyrrole nitrogens is 1. The SMILES string of the molecule is Cc1[nH]c(=O)c(C(=O)NCCCN2CCCc3ccccc32)c(C)c1Cl. The third kappa shape index (κ3) is 3.78. The number of pyridine rings is 1. The Balaban J connectivity index is 1.58. The van der Waals surface area contributed by atoms with E-state index >= 15 is 0 Å². The zero-order valence-corrected chi connectivity index (χ0v) is 15.9. The fourth-order valence-corrected chi connectivity index (χ4v) is 3.67. The summed E-state index contributed by atoms with van der Waals surface area (Å²) >= 11 is 6.15. The topological polar surface area (TPSA) is 65.2 Å². The number of aromatic amines is 1. The molecule has 2 aromatic rings. The summed E-state index contributed by atoms with van der Waals surface area (Å²) in [6, 6.07) is 8.48. The van der Waals surface area contributed by atoms with Crippen LogP contribution in [0.2, 0.25) is 5.02 Å². The Morgan fingerprint density at radius 2 is 2.08 bits per heavy atom.